The van der Waals surface area contributed by atoms with Crippen LogP contribution in [0.1, 0.15) is 16.8 Å². The fraction of sp³-hybridized carbons (Fsp3) is 0.417. The van der Waals surface area contributed by atoms with Gasteiger partial charge in [-0.1, -0.05) is 30.3 Å². The quantitative estimate of drug-likeness (QED) is 0.727. The van der Waals surface area contributed by atoms with Gasteiger partial charge in [0.05, 0.1) is 0 Å². The Morgan fingerprint density at radius 1 is 1.33 bits per heavy atom. The van der Waals surface area contributed by atoms with E-state index in [-0.39, 0.29) is 5.78 Å². The zero-order valence-corrected chi connectivity index (χ0v) is 9.50. The lowest BCUT2D eigenvalue weighted by Gasteiger charge is -2.12. The van der Waals surface area contributed by atoms with Crippen LogP contribution in [0.25, 0.3) is 0 Å². The SMILES string of the molecule is O=C(CCN1CCSC1)c1ccccc1. The van der Waals surface area contributed by atoms with E-state index in [0.29, 0.717) is 6.42 Å². The number of hydrogen-bond donors (Lipinski definition) is 0. The molecule has 3 heteroatoms. The molecule has 1 saturated heterocycles. The number of hydrogen-bond acceptors (Lipinski definition) is 3. The first-order valence-electron chi connectivity index (χ1n) is 5.24. The maximum absolute atomic E-state index is 11.8. The number of thioether (sulfide) groups is 1. The first kappa shape index (κ1) is 10.7. The van der Waals surface area contributed by atoms with E-state index in [1.165, 1.54) is 5.75 Å². The molecule has 0 bridgehead atoms. The van der Waals surface area contributed by atoms with Crippen LogP contribution in [0, 0.1) is 0 Å². The van der Waals surface area contributed by atoms with Gasteiger partial charge in [0.2, 0.25) is 0 Å². The van der Waals surface area contributed by atoms with Crippen LogP contribution in [0.4, 0.5) is 0 Å². The van der Waals surface area contributed by atoms with Gasteiger partial charge in [-0.2, -0.15) is 0 Å². The zero-order valence-electron chi connectivity index (χ0n) is 8.69. The van der Waals surface area contributed by atoms with E-state index in [9.17, 15) is 4.79 Å². The summed E-state index contributed by atoms with van der Waals surface area (Å²) in [6.07, 6.45) is 0.643. The molecule has 2 rings (SSSR count). The van der Waals surface area contributed by atoms with Crippen molar-refractivity contribution in [2.45, 2.75) is 6.42 Å². The molecule has 1 aromatic carbocycles. The lowest BCUT2D eigenvalue weighted by molar-refractivity contribution is 0.0970. The van der Waals surface area contributed by atoms with Gasteiger partial charge in [-0.3, -0.25) is 9.69 Å². The zero-order chi connectivity index (χ0) is 10.5. The summed E-state index contributed by atoms with van der Waals surface area (Å²) >= 11 is 1.94. The Balaban J connectivity index is 1.82. The smallest absolute Gasteiger partial charge is 0.164 e. The highest BCUT2D eigenvalue weighted by Crippen LogP contribution is 2.14. The Morgan fingerprint density at radius 2 is 2.13 bits per heavy atom. The van der Waals surface area contributed by atoms with Gasteiger partial charge >= 0.3 is 0 Å². The lowest BCUT2D eigenvalue weighted by Crippen LogP contribution is -2.22. The van der Waals surface area contributed by atoms with Crippen molar-refractivity contribution in [3.8, 4) is 0 Å². The molecule has 1 aliphatic rings. The number of Topliss-reactive ketones (excluding diaryl/α,β-unsaturated/α-hetero) is 1. The number of carbonyl (C=O) groups is 1. The van der Waals surface area contributed by atoms with Crippen LogP contribution in [0.5, 0.6) is 0 Å². The van der Waals surface area contributed by atoms with Gasteiger partial charge in [-0.25, -0.2) is 0 Å². The molecule has 0 amide bonds. The maximum atomic E-state index is 11.8. The summed E-state index contributed by atoms with van der Waals surface area (Å²) in [5, 5.41) is 0. The largest absolute Gasteiger partial charge is 0.294 e. The van der Waals surface area contributed by atoms with Crippen LogP contribution in [0.3, 0.4) is 0 Å². The fourth-order valence-electron chi connectivity index (χ4n) is 1.66. The Kier molecular flexibility index (Phi) is 3.80. The second kappa shape index (κ2) is 5.33. The maximum Gasteiger partial charge on any atom is 0.164 e. The van der Waals surface area contributed by atoms with Crippen LogP contribution >= 0.6 is 11.8 Å². The summed E-state index contributed by atoms with van der Waals surface area (Å²) in [5.41, 5.74) is 0.837. The topological polar surface area (TPSA) is 20.3 Å². The number of carbonyl (C=O) groups excluding carboxylic acids is 1. The molecule has 0 N–H and O–H groups in total. The second-order valence-corrected chi connectivity index (χ2v) is 4.77. The molecule has 0 aromatic heterocycles. The molecule has 1 fully saturated rings. The van der Waals surface area contributed by atoms with E-state index in [1.807, 2.05) is 42.1 Å². The van der Waals surface area contributed by atoms with Gasteiger partial charge in [-0.05, 0) is 0 Å². The van der Waals surface area contributed by atoms with Gasteiger partial charge < -0.3 is 0 Å². The van der Waals surface area contributed by atoms with Gasteiger partial charge in [0, 0.05) is 36.7 Å². The molecule has 0 spiro atoms. The minimum atomic E-state index is 0.257. The number of ketones is 1. The molecule has 0 unspecified atom stereocenters. The normalized spacial score (nSPS) is 16.8. The molecule has 1 aromatic rings. The third kappa shape index (κ3) is 3.08. The third-order valence-electron chi connectivity index (χ3n) is 2.58. The van der Waals surface area contributed by atoms with E-state index in [0.717, 1.165) is 24.5 Å². The molecular weight excluding hydrogens is 206 g/mol. The van der Waals surface area contributed by atoms with Gasteiger partial charge in [-0.15, -0.1) is 11.8 Å². The van der Waals surface area contributed by atoms with Crippen LogP contribution in [-0.4, -0.2) is 35.4 Å². The molecule has 1 heterocycles. The highest BCUT2D eigenvalue weighted by molar-refractivity contribution is 7.99. The lowest BCUT2D eigenvalue weighted by atomic mass is 10.1. The molecule has 0 atom stereocenters. The molecule has 2 nitrogen and oxygen atoms in total. The van der Waals surface area contributed by atoms with Gasteiger partial charge in [0.15, 0.2) is 5.78 Å². The number of rotatable bonds is 4. The molecule has 15 heavy (non-hydrogen) atoms. The fourth-order valence-corrected chi connectivity index (χ4v) is 2.69. The Hall–Kier alpha value is -0.800. The van der Waals surface area contributed by atoms with Gasteiger partial charge in [0.1, 0.15) is 0 Å². The average molecular weight is 221 g/mol. The third-order valence-corrected chi connectivity index (χ3v) is 3.60. The summed E-state index contributed by atoms with van der Waals surface area (Å²) in [4.78, 5) is 14.1. The molecule has 0 aliphatic carbocycles. The average Bonchev–Trinajstić information content (AvgIpc) is 2.80. The van der Waals surface area contributed by atoms with E-state index in [1.54, 1.807) is 0 Å². The van der Waals surface area contributed by atoms with Gasteiger partial charge in [0.25, 0.3) is 0 Å². The summed E-state index contributed by atoms with van der Waals surface area (Å²) in [6.45, 7) is 2.04. The van der Waals surface area contributed by atoms with Crippen molar-refractivity contribution < 1.29 is 4.79 Å². The first-order chi connectivity index (χ1) is 7.36. The standard InChI is InChI=1S/C12H15NOS/c14-12(11-4-2-1-3-5-11)6-7-13-8-9-15-10-13/h1-5H,6-10H2. The first-order valence-corrected chi connectivity index (χ1v) is 6.40. The summed E-state index contributed by atoms with van der Waals surface area (Å²) < 4.78 is 0. The van der Waals surface area contributed by atoms with Crippen molar-refractivity contribution in [1.29, 1.82) is 0 Å². The number of benzene rings is 1. The molecule has 0 radical (unpaired) electrons. The Bertz CT molecular complexity index is 320. The van der Waals surface area contributed by atoms with Crippen LogP contribution in [-0.2, 0) is 0 Å². The van der Waals surface area contributed by atoms with Crippen molar-refractivity contribution in [1.82, 2.24) is 4.90 Å². The van der Waals surface area contributed by atoms with E-state index < -0.39 is 0 Å². The summed E-state index contributed by atoms with van der Waals surface area (Å²) in [7, 11) is 0. The van der Waals surface area contributed by atoms with E-state index in [4.69, 9.17) is 0 Å². The highest BCUT2D eigenvalue weighted by Gasteiger charge is 2.13. The molecule has 80 valence electrons. The van der Waals surface area contributed by atoms with Crippen LogP contribution in [0.2, 0.25) is 0 Å². The van der Waals surface area contributed by atoms with Crippen molar-refractivity contribution >= 4 is 17.5 Å². The van der Waals surface area contributed by atoms with Crippen molar-refractivity contribution in [3.05, 3.63) is 35.9 Å². The minimum absolute atomic E-state index is 0.257. The summed E-state index contributed by atoms with van der Waals surface area (Å²) in [6, 6.07) is 9.55. The van der Waals surface area contributed by atoms with Crippen molar-refractivity contribution in [2.75, 3.05) is 24.7 Å². The van der Waals surface area contributed by atoms with Crippen LogP contribution < -0.4 is 0 Å². The monoisotopic (exact) mass is 221 g/mol. The molecular formula is C12H15NOS. The van der Waals surface area contributed by atoms with E-state index >= 15 is 0 Å². The summed E-state index contributed by atoms with van der Waals surface area (Å²) in [5.74, 6) is 2.55. The molecule has 1 aliphatic heterocycles. The van der Waals surface area contributed by atoms with Crippen molar-refractivity contribution in [3.63, 3.8) is 0 Å². The molecule has 0 saturated carbocycles. The van der Waals surface area contributed by atoms with Crippen molar-refractivity contribution in [2.24, 2.45) is 0 Å². The predicted molar refractivity (Wildman–Crippen MR) is 64.3 cm³/mol. The minimum Gasteiger partial charge on any atom is -0.294 e. The second-order valence-electron chi connectivity index (χ2n) is 3.69. The van der Waals surface area contributed by atoms with E-state index in [2.05, 4.69) is 4.90 Å². The predicted octanol–water partition coefficient (Wildman–Crippen LogP) is 2.27. The Labute approximate surface area is 94.7 Å². The highest BCUT2D eigenvalue weighted by atomic mass is 32.2. The Morgan fingerprint density at radius 3 is 2.80 bits per heavy atom. The van der Waals surface area contributed by atoms with Crippen LogP contribution in [0.15, 0.2) is 30.3 Å². The number of nitrogens with zero attached hydrogens (tertiary/aromatic N) is 1.